The first kappa shape index (κ1) is 13.2. The molecule has 0 spiro atoms. The van der Waals surface area contributed by atoms with Gasteiger partial charge in [-0.3, -0.25) is 4.18 Å². The van der Waals surface area contributed by atoms with Crippen LogP contribution in [0.25, 0.3) is 0 Å². The van der Waals surface area contributed by atoms with Gasteiger partial charge in [-0.1, -0.05) is 29.8 Å². The minimum Gasteiger partial charge on any atom is -0.374 e. The topological polar surface area (TPSA) is 52.6 Å². The third kappa shape index (κ3) is 5.85. The van der Waals surface area contributed by atoms with Crippen LogP contribution in [0.15, 0.2) is 24.3 Å². The van der Waals surface area contributed by atoms with E-state index in [1.165, 1.54) is 5.56 Å². The molecule has 90 valence electrons. The number of aryl methyl sites for hydroxylation is 1. The van der Waals surface area contributed by atoms with Gasteiger partial charge in [-0.15, -0.1) is 0 Å². The van der Waals surface area contributed by atoms with Crippen LogP contribution in [-0.4, -0.2) is 27.9 Å². The lowest BCUT2D eigenvalue weighted by atomic mass is 10.2. The lowest BCUT2D eigenvalue weighted by molar-refractivity contribution is 0.0911. The molecular weight excluding hydrogens is 228 g/mol. The summed E-state index contributed by atoms with van der Waals surface area (Å²) in [5.41, 5.74) is 2.26. The smallest absolute Gasteiger partial charge is 0.264 e. The fourth-order valence-corrected chi connectivity index (χ4v) is 1.49. The van der Waals surface area contributed by atoms with E-state index < -0.39 is 10.1 Å². The van der Waals surface area contributed by atoms with Gasteiger partial charge < -0.3 is 4.74 Å². The molecule has 0 radical (unpaired) electrons. The molecule has 0 aliphatic rings. The summed E-state index contributed by atoms with van der Waals surface area (Å²) in [5.74, 6) is 0. The Labute approximate surface area is 96.3 Å². The van der Waals surface area contributed by atoms with E-state index >= 15 is 0 Å². The molecule has 4 nitrogen and oxygen atoms in total. The second-order valence-electron chi connectivity index (χ2n) is 3.56. The third-order valence-corrected chi connectivity index (χ3v) is 2.51. The molecule has 16 heavy (non-hydrogen) atoms. The molecule has 0 heterocycles. The Bertz CT molecular complexity index is 408. The predicted octanol–water partition coefficient (Wildman–Crippen LogP) is 1.49. The summed E-state index contributed by atoms with van der Waals surface area (Å²) in [7, 11) is -3.35. The van der Waals surface area contributed by atoms with E-state index in [2.05, 4.69) is 4.18 Å². The van der Waals surface area contributed by atoms with Crippen molar-refractivity contribution in [1.82, 2.24) is 0 Å². The summed E-state index contributed by atoms with van der Waals surface area (Å²) >= 11 is 0. The van der Waals surface area contributed by atoms with Gasteiger partial charge in [0, 0.05) is 0 Å². The van der Waals surface area contributed by atoms with E-state index in [0.717, 1.165) is 11.8 Å². The molecule has 0 N–H and O–H groups in total. The van der Waals surface area contributed by atoms with Gasteiger partial charge in [0.15, 0.2) is 0 Å². The highest BCUT2D eigenvalue weighted by molar-refractivity contribution is 7.85. The molecule has 0 aliphatic carbocycles. The summed E-state index contributed by atoms with van der Waals surface area (Å²) in [6.07, 6.45) is 1.02. The Morgan fingerprint density at radius 3 is 2.31 bits per heavy atom. The number of hydrogen-bond donors (Lipinski definition) is 0. The summed E-state index contributed by atoms with van der Waals surface area (Å²) in [5, 5.41) is 0. The molecule has 1 rings (SSSR count). The van der Waals surface area contributed by atoms with E-state index in [1.54, 1.807) is 0 Å². The van der Waals surface area contributed by atoms with Crippen molar-refractivity contribution in [1.29, 1.82) is 0 Å². The third-order valence-electron chi connectivity index (χ3n) is 1.91. The maximum absolute atomic E-state index is 10.6. The van der Waals surface area contributed by atoms with Crippen molar-refractivity contribution in [3.8, 4) is 0 Å². The molecular formula is C11H16O4S. The summed E-state index contributed by atoms with van der Waals surface area (Å²) in [6.45, 7) is 2.81. The van der Waals surface area contributed by atoms with Crippen LogP contribution in [0.4, 0.5) is 0 Å². The molecule has 5 heteroatoms. The number of benzene rings is 1. The van der Waals surface area contributed by atoms with E-state index in [1.807, 2.05) is 31.2 Å². The van der Waals surface area contributed by atoms with Gasteiger partial charge in [-0.05, 0) is 12.5 Å². The van der Waals surface area contributed by atoms with Gasteiger partial charge in [0.25, 0.3) is 10.1 Å². The molecule has 0 saturated carbocycles. The van der Waals surface area contributed by atoms with Crippen molar-refractivity contribution in [2.75, 3.05) is 19.5 Å². The fourth-order valence-electron chi connectivity index (χ4n) is 1.12. The van der Waals surface area contributed by atoms with Crippen LogP contribution in [0.1, 0.15) is 11.1 Å². The van der Waals surface area contributed by atoms with Gasteiger partial charge in [0.05, 0.1) is 26.1 Å². The van der Waals surface area contributed by atoms with Crippen LogP contribution in [0.3, 0.4) is 0 Å². The molecule has 0 amide bonds. The fraction of sp³-hybridized carbons (Fsp3) is 0.455. The Hall–Kier alpha value is -0.910. The largest absolute Gasteiger partial charge is 0.374 e. The van der Waals surface area contributed by atoms with Crippen molar-refractivity contribution in [3.05, 3.63) is 35.4 Å². The predicted molar refractivity (Wildman–Crippen MR) is 61.6 cm³/mol. The van der Waals surface area contributed by atoms with Crippen LogP contribution in [0.2, 0.25) is 0 Å². The lowest BCUT2D eigenvalue weighted by Gasteiger charge is -2.04. The molecule has 1 aromatic rings. The van der Waals surface area contributed by atoms with Crippen LogP contribution < -0.4 is 0 Å². The Morgan fingerprint density at radius 2 is 1.75 bits per heavy atom. The van der Waals surface area contributed by atoms with Crippen LogP contribution >= 0.6 is 0 Å². The van der Waals surface area contributed by atoms with Crippen LogP contribution in [0, 0.1) is 6.92 Å². The Balaban J connectivity index is 2.19. The van der Waals surface area contributed by atoms with Gasteiger partial charge in [-0.25, -0.2) is 0 Å². The van der Waals surface area contributed by atoms with Gasteiger partial charge in [0.2, 0.25) is 0 Å². The van der Waals surface area contributed by atoms with E-state index in [-0.39, 0.29) is 13.2 Å². The van der Waals surface area contributed by atoms with E-state index in [9.17, 15) is 8.42 Å². The Morgan fingerprint density at radius 1 is 1.12 bits per heavy atom. The first-order valence-corrected chi connectivity index (χ1v) is 6.77. The summed E-state index contributed by atoms with van der Waals surface area (Å²) in [4.78, 5) is 0. The second-order valence-corrected chi connectivity index (χ2v) is 5.21. The highest BCUT2D eigenvalue weighted by atomic mass is 32.2. The van der Waals surface area contributed by atoms with Gasteiger partial charge in [-0.2, -0.15) is 8.42 Å². The van der Waals surface area contributed by atoms with Crippen LogP contribution in [0.5, 0.6) is 0 Å². The van der Waals surface area contributed by atoms with E-state index in [0.29, 0.717) is 6.61 Å². The zero-order valence-electron chi connectivity index (χ0n) is 9.47. The van der Waals surface area contributed by atoms with Gasteiger partial charge in [0.1, 0.15) is 0 Å². The zero-order chi connectivity index (χ0) is 12.0. The molecule has 0 aliphatic heterocycles. The van der Waals surface area contributed by atoms with Crippen molar-refractivity contribution >= 4 is 10.1 Å². The molecule has 0 saturated heterocycles. The van der Waals surface area contributed by atoms with Crippen molar-refractivity contribution < 1.29 is 17.3 Å². The minimum atomic E-state index is -3.35. The zero-order valence-corrected chi connectivity index (χ0v) is 10.3. The first-order valence-electron chi connectivity index (χ1n) is 4.95. The standard InChI is InChI=1S/C11H16O4S/c1-10-3-5-11(6-4-10)9-14-7-8-15-16(2,12)13/h3-6H,7-9H2,1-2H3. The second kappa shape index (κ2) is 5.98. The van der Waals surface area contributed by atoms with Gasteiger partial charge >= 0.3 is 0 Å². The minimum absolute atomic E-state index is 0.0602. The first-order chi connectivity index (χ1) is 7.47. The Kier molecular flexibility index (Phi) is 4.92. The molecule has 0 bridgehead atoms. The summed E-state index contributed by atoms with van der Waals surface area (Å²) < 4.78 is 31.0. The number of hydrogen-bond acceptors (Lipinski definition) is 4. The normalized spacial score (nSPS) is 11.6. The summed E-state index contributed by atoms with van der Waals surface area (Å²) in [6, 6.07) is 7.97. The van der Waals surface area contributed by atoms with Crippen molar-refractivity contribution in [2.24, 2.45) is 0 Å². The SMILES string of the molecule is Cc1ccc(COCCOS(C)(=O)=O)cc1. The quantitative estimate of drug-likeness (QED) is 0.562. The molecule has 0 atom stereocenters. The lowest BCUT2D eigenvalue weighted by Crippen LogP contribution is -2.09. The maximum Gasteiger partial charge on any atom is 0.264 e. The highest BCUT2D eigenvalue weighted by Crippen LogP contribution is 2.04. The molecule has 0 unspecified atom stereocenters. The van der Waals surface area contributed by atoms with Crippen molar-refractivity contribution in [2.45, 2.75) is 13.5 Å². The molecule has 1 aromatic carbocycles. The highest BCUT2D eigenvalue weighted by Gasteiger charge is 2.00. The number of rotatable bonds is 6. The number of ether oxygens (including phenoxy) is 1. The van der Waals surface area contributed by atoms with Crippen LogP contribution in [-0.2, 0) is 25.6 Å². The van der Waals surface area contributed by atoms with E-state index in [4.69, 9.17) is 4.74 Å². The monoisotopic (exact) mass is 244 g/mol. The molecule has 0 fully saturated rings. The average Bonchev–Trinajstić information content (AvgIpc) is 2.19. The molecule has 0 aromatic heterocycles. The maximum atomic E-state index is 10.6. The van der Waals surface area contributed by atoms with Crippen molar-refractivity contribution in [3.63, 3.8) is 0 Å². The average molecular weight is 244 g/mol.